The largest absolute Gasteiger partial charge is 0.401 e. The van der Waals surface area contributed by atoms with Crippen LogP contribution in [0.3, 0.4) is 0 Å². The number of hydrogen-bond acceptors (Lipinski definition) is 3. The molecule has 2 saturated heterocycles. The minimum Gasteiger partial charge on any atom is -0.338 e. The quantitative estimate of drug-likeness (QED) is 0.442. The van der Waals surface area contributed by atoms with Crippen molar-refractivity contribution in [3.8, 4) is 5.69 Å². The number of aromatic nitrogens is 2. The standard InChI is InChI=1S/C27H28F4N4O/c28-22-6-8-23(9-7-22)35-25(20-10-13-33(14-11-20)18-27(29,30)31)24(16-32-35)26(36)34-15-12-21(17-34)19-4-2-1-3-5-19/h1-9,16,20-21H,10-15,17-18H2. The Bertz CT molecular complexity index is 1180. The van der Waals surface area contributed by atoms with Crippen LogP contribution in [0.15, 0.2) is 60.8 Å². The van der Waals surface area contributed by atoms with Crippen molar-refractivity contribution in [1.82, 2.24) is 19.6 Å². The second-order valence-electron chi connectivity index (χ2n) is 9.64. The lowest BCUT2D eigenvalue weighted by Gasteiger charge is -2.33. The maximum absolute atomic E-state index is 13.7. The molecule has 36 heavy (non-hydrogen) atoms. The highest BCUT2D eigenvalue weighted by Gasteiger charge is 2.36. The number of benzene rings is 2. The van der Waals surface area contributed by atoms with Gasteiger partial charge in [0.05, 0.1) is 29.7 Å². The molecule has 0 saturated carbocycles. The molecule has 2 aromatic carbocycles. The van der Waals surface area contributed by atoms with E-state index in [0.29, 0.717) is 42.9 Å². The highest BCUT2D eigenvalue weighted by molar-refractivity contribution is 5.95. The van der Waals surface area contributed by atoms with E-state index in [-0.39, 0.29) is 36.6 Å². The molecule has 0 radical (unpaired) electrons. The summed E-state index contributed by atoms with van der Waals surface area (Å²) >= 11 is 0. The molecule has 9 heteroatoms. The van der Waals surface area contributed by atoms with Crippen LogP contribution in [0, 0.1) is 5.82 Å². The Kier molecular flexibility index (Phi) is 6.83. The number of carbonyl (C=O) groups is 1. The van der Waals surface area contributed by atoms with Crippen LogP contribution in [-0.4, -0.2) is 64.4 Å². The van der Waals surface area contributed by atoms with Gasteiger partial charge in [0, 0.05) is 24.9 Å². The van der Waals surface area contributed by atoms with Gasteiger partial charge in [-0.15, -0.1) is 0 Å². The van der Waals surface area contributed by atoms with Crippen molar-refractivity contribution in [2.75, 3.05) is 32.7 Å². The summed E-state index contributed by atoms with van der Waals surface area (Å²) < 4.78 is 53.9. The van der Waals surface area contributed by atoms with Gasteiger partial charge in [-0.05, 0) is 62.2 Å². The topological polar surface area (TPSA) is 41.4 Å². The van der Waals surface area contributed by atoms with E-state index in [0.717, 1.165) is 6.42 Å². The molecule has 2 aliphatic rings. The van der Waals surface area contributed by atoms with Crippen LogP contribution in [0.25, 0.3) is 5.69 Å². The zero-order valence-electron chi connectivity index (χ0n) is 19.8. The van der Waals surface area contributed by atoms with Gasteiger partial charge in [-0.2, -0.15) is 18.3 Å². The first-order chi connectivity index (χ1) is 17.3. The number of alkyl halides is 3. The van der Waals surface area contributed by atoms with Crippen LogP contribution < -0.4 is 0 Å². The summed E-state index contributed by atoms with van der Waals surface area (Å²) in [7, 11) is 0. The number of likely N-dealkylation sites (tertiary alicyclic amines) is 2. The van der Waals surface area contributed by atoms with Gasteiger partial charge in [-0.1, -0.05) is 30.3 Å². The van der Waals surface area contributed by atoms with Crippen molar-refractivity contribution in [3.05, 3.63) is 83.4 Å². The maximum atomic E-state index is 13.7. The van der Waals surface area contributed by atoms with Crippen LogP contribution in [0.1, 0.15) is 52.7 Å². The molecule has 2 aliphatic heterocycles. The number of carbonyl (C=O) groups excluding carboxylic acids is 1. The fourth-order valence-electron chi connectivity index (χ4n) is 5.43. The van der Waals surface area contributed by atoms with E-state index >= 15 is 0 Å². The Labute approximate surface area is 207 Å². The lowest BCUT2D eigenvalue weighted by atomic mass is 9.90. The Hall–Kier alpha value is -3.20. The molecule has 1 amide bonds. The van der Waals surface area contributed by atoms with E-state index in [9.17, 15) is 22.4 Å². The van der Waals surface area contributed by atoms with E-state index < -0.39 is 12.7 Å². The first kappa shape index (κ1) is 24.5. The SMILES string of the molecule is O=C(c1cnn(-c2ccc(F)cc2)c1C1CCN(CC(F)(F)F)CC1)N1CCC(c2ccccc2)C1. The Morgan fingerprint density at radius 1 is 0.917 bits per heavy atom. The van der Waals surface area contributed by atoms with Gasteiger partial charge >= 0.3 is 6.18 Å². The summed E-state index contributed by atoms with van der Waals surface area (Å²) in [6, 6.07) is 16.0. The second kappa shape index (κ2) is 10.0. The molecular formula is C27H28F4N4O. The van der Waals surface area contributed by atoms with Crippen LogP contribution >= 0.6 is 0 Å². The fraction of sp³-hybridized carbons (Fsp3) is 0.407. The Morgan fingerprint density at radius 2 is 1.58 bits per heavy atom. The first-order valence-electron chi connectivity index (χ1n) is 12.3. The third kappa shape index (κ3) is 5.31. The predicted octanol–water partition coefficient (Wildman–Crippen LogP) is 5.38. The highest BCUT2D eigenvalue weighted by atomic mass is 19.4. The van der Waals surface area contributed by atoms with Crippen LogP contribution in [0.5, 0.6) is 0 Å². The third-order valence-electron chi connectivity index (χ3n) is 7.23. The summed E-state index contributed by atoms with van der Waals surface area (Å²) in [6.45, 7) is 0.868. The van der Waals surface area contributed by atoms with Crippen molar-refractivity contribution in [2.24, 2.45) is 0 Å². The Balaban J connectivity index is 1.41. The van der Waals surface area contributed by atoms with Gasteiger partial charge < -0.3 is 4.90 Å². The van der Waals surface area contributed by atoms with Crippen molar-refractivity contribution in [1.29, 1.82) is 0 Å². The molecular weight excluding hydrogens is 472 g/mol. The number of hydrogen-bond donors (Lipinski definition) is 0. The molecule has 1 atom stereocenters. The van der Waals surface area contributed by atoms with Crippen LogP contribution in [-0.2, 0) is 0 Å². The van der Waals surface area contributed by atoms with Gasteiger partial charge in [0.15, 0.2) is 0 Å². The molecule has 0 bridgehead atoms. The molecule has 0 N–H and O–H groups in total. The Morgan fingerprint density at radius 3 is 2.25 bits per heavy atom. The van der Waals surface area contributed by atoms with Gasteiger partial charge in [0.2, 0.25) is 0 Å². The molecule has 2 fully saturated rings. The van der Waals surface area contributed by atoms with Crippen molar-refractivity contribution < 1.29 is 22.4 Å². The molecule has 0 aliphatic carbocycles. The average Bonchev–Trinajstić information content (AvgIpc) is 3.53. The molecule has 190 valence electrons. The van der Waals surface area contributed by atoms with Gasteiger partial charge in [-0.3, -0.25) is 9.69 Å². The number of halogens is 4. The predicted molar refractivity (Wildman–Crippen MR) is 128 cm³/mol. The minimum absolute atomic E-state index is 0.116. The average molecular weight is 501 g/mol. The molecule has 3 heterocycles. The van der Waals surface area contributed by atoms with Gasteiger partial charge in [0.25, 0.3) is 5.91 Å². The smallest absolute Gasteiger partial charge is 0.338 e. The molecule has 1 unspecified atom stereocenters. The molecule has 0 spiro atoms. The van der Waals surface area contributed by atoms with Gasteiger partial charge in [0.1, 0.15) is 5.82 Å². The summed E-state index contributed by atoms with van der Waals surface area (Å²) in [5.41, 5.74) is 2.99. The molecule has 5 rings (SSSR count). The summed E-state index contributed by atoms with van der Waals surface area (Å²) in [6.07, 6.45) is -0.855. The van der Waals surface area contributed by atoms with Gasteiger partial charge in [-0.25, -0.2) is 9.07 Å². The normalized spacial score (nSPS) is 19.7. The number of amides is 1. The van der Waals surface area contributed by atoms with Crippen LogP contribution in [0.2, 0.25) is 0 Å². The monoisotopic (exact) mass is 500 g/mol. The lowest BCUT2D eigenvalue weighted by molar-refractivity contribution is -0.148. The first-order valence-corrected chi connectivity index (χ1v) is 12.3. The molecule has 1 aromatic heterocycles. The van der Waals surface area contributed by atoms with E-state index in [2.05, 4.69) is 17.2 Å². The number of rotatable bonds is 5. The zero-order valence-corrected chi connectivity index (χ0v) is 19.8. The van der Waals surface area contributed by atoms with E-state index in [1.165, 1.54) is 22.6 Å². The van der Waals surface area contributed by atoms with Crippen molar-refractivity contribution in [2.45, 2.75) is 37.3 Å². The van der Waals surface area contributed by atoms with Crippen molar-refractivity contribution >= 4 is 5.91 Å². The maximum Gasteiger partial charge on any atom is 0.401 e. The number of nitrogens with zero attached hydrogens (tertiary/aromatic N) is 4. The fourth-order valence-corrected chi connectivity index (χ4v) is 5.43. The number of piperidine rings is 1. The lowest BCUT2D eigenvalue weighted by Crippen LogP contribution is -2.40. The minimum atomic E-state index is -4.24. The van der Waals surface area contributed by atoms with Crippen LogP contribution in [0.4, 0.5) is 17.6 Å². The highest BCUT2D eigenvalue weighted by Crippen LogP contribution is 2.35. The summed E-state index contributed by atoms with van der Waals surface area (Å²) in [5.74, 6) is -0.368. The van der Waals surface area contributed by atoms with E-state index in [1.54, 1.807) is 23.0 Å². The summed E-state index contributed by atoms with van der Waals surface area (Å²) in [5, 5.41) is 4.49. The molecule has 3 aromatic rings. The third-order valence-corrected chi connectivity index (χ3v) is 7.23. The van der Waals surface area contributed by atoms with Crippen molar-refractivity contribution in [3.63, 3.8) is 0 Å². The molecule has 5 nitrogen and oxygen atoms in total. The van der Waals surface area contributed by atoms with E-state index in [4.69, 9.17) is 0 Å². The zero-order chi connectivity index (χ0) is 25.3. The summed E-state index contributed by atoms with van der Waals surface area (Å²) in [4.78, 5) is 16.9. The second-order valence-corrected chi connectivity index (χ2v) is 9.64. The van der Waals surface area contributed by atoms with E-state index in [1.807, 2.05) is 23.1 Å².